The summed E-state index contributed by atoms with van der Waals surface area (Å²) in [6.45, 7) is 0. The van der Waals surface area contributed by atoms with Gasteiger partial charge in [-0.1, -0.05) is 12.1 Å². The molecule has 0 unspecified atom stereocenters. The molecule has 23 heavy (non-hydrogen) atoms. The van der Waals surface area contributed by atoms with E-state index in [-0.39, 0.29) is 0 Å². The van der Waals surface area contributed by atoms with Gasteiger partial charge in [-0.05, 0) is 35.4 Å². The van der Waals surface area contributed by atoms with Crippen molar-refractivity contribution in [2.75, 3.05) is 20.0 Å². The van der Waals surface area contributed by atoms with Gasteiger partial charge in [0.2, 0.25) is 0 Å². The number of hydrogen-bond acceptors (Lipinski definition) is 4. The number of ether oxygens (including phenoxy) is 2. The highest BCUT2D eigenvalue weighted by molar-refractivity contribution is 5.82. The van der Waals surface area contributed by atoms with E-state index in [1.807, 2.05) is 36.4 Å². The molecule has 0 saturated heterocycles. The molecule has 0 aliphatic heterocycles. The molecule has 0 bridgehead atoms. The van der Waals surface area contributed by atoms with Crippen LogP contribution in [0.5, 0.6) is 11.5 Å². The molecule has 1 aliphatic rings. The van der Waals surface area contributed by atoms with Gasteiger partial charge in [-0.3, -0.25) is 5.10 Å². The topological polar surface area (TPSA) is 73.2 Å². The Kier molecular flexibility index (Phi) is 3.01. The first-order valence-electron chi connectivity index (χ1n) is 7.39. The van der Waals surface area contributed by atoms with Gasteiger partial charge in [-0.25, -0.2) is 0 Å². The first kappa shape index (κ1) is 13.7. The largest absolute Gasteiger partial charge is 0.493 e. The number of H-pyrrole nitrogens is 1. The lowest BCUT2D eigenvalue weighted by Crippen LogP contribution is -1.93. The van der Waals surface area contributed by atoms with Crippen LogP contribution in [-0.4, -0.2) is 24.4 Å². The van der Waals surface area contributed by atoms with E-state index in [0.29, 0.717) is 0 Å². The Balaban J connectivity index is 1.82. The molecule has 1 aliphatic carbocycles. The second-order valence-corrected chi connectivity index (χ2v) is 5.59. The predicted molar refractivity (Wildman–Crippen MR) is 89.8 cm³/mol. The number of anilines is 1. The highest BCUT2D eigenvalue weighted by Gasteiger charge is 2.27. The summed E-state index contributed by atoms with van der Waals surface area (Å²) in [5.74, 6) is 1.46. The number of methoxy groups -OCH3 is 2. The number of aromatic nitrogens is 2. The maximum Gasteiger partial charge on any atom is 0.161 e. The van der Waals surface area contributed by atoms with Crippen molar-refractivity contribution in [2.24, 2.45) is 0 Å². The molecule has 5 nitrogen and oxygen atoms in total. The molecule has 3 aromatic rings. The van der Waals surface area contributed by atoms with E-state index in [4.69, 9.17) is 15.2 Å². The number of benzene rings is 2. The average Bonchev–Trinajstić information content (AvgIpc) is 3.13. The second-order valence-electron chi connectivity index (χ2n) is 5.59. The van der Waals surface area contributed by atoms with Gasteiger partial charge < -0.3 is 15.2 Å². The summed E-state index contributed by atoms with van der Waals surface area (Å²) in [7, 11) is 3.29. The number of nitrogen functional groups attached to an aromatic ring is 1. The molecule has 4 rings (SSSR count). The summed E-state index contributed by atoms with van der Waals surface area (Å²) in [4.78, 5) is 0. The molecule has 1 aromatic heterocycles. The van der Waals surface area contributed by atoms with Gasteiger partial charge in [0.05, 0.1) is 25.6 Å². The first-order valence-corrected chi connectivity index (χ1v) is 7.39. The quantitative estimate of drug-likeness (QED) is 0.570. The molecule has 0 radical (unpaired) electrons. The average molecular weight is 307 g/mol. The first-order chi connectivity index (χ1) is 11.2. The maximum atomic E-state index is 5.77. The van der Waals surface area contributed by atoms with E-state index in [1.54, 1.807) is 14.2 Å². The van der Waals surface area contributed by atoms with Crippen molar-refractivity contribution in [1.82, 2.24) is 10.2 Å². The number of hydrogen-bond donors (Lipinski definition) is 2. The van der Waals surface area contributed by atoms with Crippen LogP contribution in [0.25, 0.3) is 22.5 Å². The van der Waals surface area contributed by atoms with Gasteiger partial charge >= 0.3 is 0 Å². The molecule has 0 spiro atoms. The minimum Gasteiger partial charge on any atom is -0.493 e. The zero-order valence-electron chi connectivity index (χ0n) is 13.0. The maximum absolute atomic E-state index is 5.77. The third-order valence-corrected chi connectivity index (χ3v) is 4.30. The fourth-order valence-electron chi connectivity index (χ4n) is 3.13. The Bertz CT molecular complexity index is 882. The lowest BCUT2D eigenvalue weighted by atomic mass is 10.1. The van der Waals surface area contributed by atoms with Gasteiger partial charge in [0.1, 0.15) is 0 Å². The number of aromatic amines is 1. The normalized spacial score (nSPS) is 11.9. The van der Waals surface area contributed by atoms with Gasteiger partial charge in [0.15, 0.2) is 11.5 Å². The number of nitrogens with one attached hydrogen (secondary N) is 1. The molecule has 1 heterocycles. The predicted octanol–water partition coefficient (Wildman–Crippen LogP) is 3.25. The van der Waals surface area contributed by atoms with Crippen LogP contribution >= 0.6 is 0 Å². The molecule has 116 valence electrons. The summed E-state index contributed by atoms with van der Waals surface area (Å²) in [6, 6.07) is 11.8. The third kappa shape index (κ3) is 2.04. The van der Waals surface area contributed by atoms with Crippen LogP contribution in [0.15, 0.2) is 36.4 Å². The molecule has 0 atom stereocenters. The van der Waals surface area contributed by atoms with E-state index in [9.17, 15) is 0 Å². The van der Waals surface area contributed by atoms with Gasteiger partial charge in [0.25, 0.3) is 0 Å². The summed E-state index contributed by atoms with van der Waals surface area (Å²) >= 11 is 0. The van der Waals surface area contributed by atoms with E-state index >= 15 is 0 Å². The standard InChI is InChI=1S/C18H17N3O2/c1-22-15-8-11-7-14-17(10-3-5-12(19)6-4-10)20-21-18(14)13(11)9-16(15)23-2/h3-6,8-9H,7,19H2,1-2H3,(H,20,21). The molecule has 5 heteroatoms. The van der Waals surface area contributed by atoms with Crippen molar-refractivity contribution < 1.29 is 9.47 Å². The summed E-state index contributed by atoms with van der Waals surface area (Å²) < 4.78 is 10.8. The van der Waals surface area contributed by atoms with E-state index < -0.39 is 0 Å². The van der Waals surface area contributed by atoms with E-state index in [2.05, 4.69) is 10.2 Å². The van der Waals surface area contributed by atoms with Gasteiger partial charge in [0, 0.05) is 23.2 Å². The Hall–Kier alpha value is -2.95. The van der Waals surface area contributed by atoms with Gasteiger partial charge in [-0.2, -0.15) is 5.10 Å². The molecule has 0 fully saturated rings. The van der Waals surface area contributed by atoms with Crippen LogP contribution in [-0.2, 0) is 6.42 Å². The Morgan fingerprint density at radius 2 is 1.74 bits per heavy atom. The van der Waals surface area contributed by atoms with Crippen molar-refractivity contribution in [1.29, 1.82) is 0 Å². The SMILES string of the molecule is COc1cc2c(cc1OC)-c1n[nH]c(-c3ccc(N)cc3)c1C2. The zero-order chi connectivity index (χ0) is 16.0. The van der Waals surface area contributed by atoms with Crippen LogP contribution in [0.3, 0.4) is 0 Å². The number of fused-ring (bicyclic) bond motifs is 3. The van der Waals surface area contributed by atoms with Crippen molar-refractivity contribution in [3.63, 3.8) is 0 Å². The molecule has 0 amide bonds. The smallest absolute Gasteiger partial charge is 0.161 e. The third-order valence-electron chi connectivity index (χ3n) is 4.30. The van der Waals surface area contributed by atoms with Crippen LogP contribution in [0.1, 0.15) is 11.1 Å². The van der Waals surface area contributed by atoms with Gasteiger partial charge in [-0.15, -0.1) is 0 Å². The number of rotatable bonds is 3. The minimum atomic E-state index is 0.719. The summed E-state index contributed by atoms with van der Waals surface area (Å²) in [5, 5.41) is 7.67. The molecule has 3 N–H and O–H groups in total. The molecule has 2 aromatic carbocycles. The zero-order valence-corrected chi connectivity index (χ0v) is 13.0. The van der Waals surface area contributed by atoms with Crippen molar-refractivity contribution in [3.05, 3.63) is 47.5 Å². The lowest BCUT2D eigenvalue weighted by Gasteiger charge is -2.10. The summed E-state index contributed by atoms with van der Waals surface area (Å²) in [6.07, 6.45) is 0.821. The fraction of sp³-hybridized carbons (Fsp3) is 0.167. The van der Waals surface area contributed by atoms with Crippen LogP contribution < -0.4 is 15.2 Å². The van der Waals surface area contributed by atoms with Crippen LogP contribution in [0, 0.1) is 0 Å². The molecule has 0 saturated carbocycles. The Labute approximate surface area is 134 Å². The minimum absolute atomic E-state index is 0.719. The number of nitrogens with two attached hydrogens (primary N) is 1. The van der Waals surface area contributed by atoms with Crippen LogP contribution in [0.4, 0.5) is 5.69 Å². The van der Waals surface area contributed by atoms with Crippen molar-refractivity contribution in [3.8, 4) is 34.0 Å². The molecular weight excluding hydrogens is 290 g/mol. The fourth-order valence-corrected chi connectivity index (χ4v) is 3.13. The van der Waals surface area contributed by atoms with Crippen molar-refractivity contribution >= 4 is 5.69 Å². The Morgan fingerprint density at radius 1 is 1.04 bits per heavy atom. The highest BCUT2D eigenvalue weighted by atomic mass is 16.5. The molecular formula is C18H17N3O2. The number of nitrogens with zero attached hydrogens (tertiary/aromatic N) is 1. The second kappa shape index (κ2) is 5.05. The monoisotopic (exact) mass is 307 g/mol. The van der Waals surface area contributed by atoms with E-state index in [1.165, 1.54) is 11.1 Å². The summed E-state index contributed by atoms with van der Waals surface area (Å²) in [5.41, 5.74) is 13.1. The Morgan fingerprint density at radius 3 is 2.43 bits per heavy atom. The van der Waals surface area contributed by atoms with Crippen molar-refractivity contribution in [2.45, 2.75) is 6.42 Å². The van der Waals surface area contributed by atoms with Crippen LogP contribution in [0.2, 0.25) is 0 Å². The van der Waals surface area contributed by atoms with E-state index in [0.717, 1.165) is 46.1 Å². The highest BCUT2D eigenvalue weighted by Crippen LogP contribution is 2.44. The lowest BCUT2D eigenvalue weighted by molar-refractivity contribution is 0.355.